The minimum atomic E-state index is -5.08. The van der Waals surface area contributed by atoms with Crippen LogP contribution in [0, 0.1) is 13.8 Å². The van der Waals surface area contributed by atoms with Gasteiger partial charge in [0, 0.05) is 31.7 Å². The number of aliphatic carboxylic acids is 1. The Morgan fingerprint density at radius 3 is 2.58 bits per heavy atom. The lowest BCUT2D eigenvalue weighted by Gasteiger charge is -2.36. The molecule has 0 spiro atoms. The highest BCUT2D eigenvalue weighted by Crippen LogP contribution is 2.27. The van der Waals surface area contributed by atoms with Crippen molar-refractivity contribution in [3.63, 3.8) is 0 Å². The molecule has 0 aromatic carbocycles. The van der Waals surface area contributed by atoms with Gasteiger partial charge in [0.1, 0.15) is 5.76 Å². The SMILES string of the molecule is Cc1noc(C)c1CN1CCO[C@H]2CN(C(=O)c3cccs3)C[C@H]21.O=C(O)C(F)(F)F. The molecule has 2 aliphatic rings. The minimum absolute atomic E-state index is 0.0862. The molecule has 170 valence electrons. The van der Waals surface area contributed by atoms with Crippen molar-refractivity contribution < 1.29 is 37.1 Å². The lowest BCUT2D eigenvalue weighted by atomic mass is 10.1. The molecule has 0 aliphatic carbocycles. The predicted molar refractivity (Wildman–Crippen MR) is 104 cm³/mol. The largest absolute Gasteiger partial charge is 0.490 e. The van der Waals surface area contributed by atoms with Crippen molar-refractivity contribution in [3.8, 4) is 0 Å². The Hall–Kier alpha value is -2.44. The molecule has 2 aromatic rings. The fourth-order valence-electron chi connectivity index (χ4n) is 3.61. The molecule has 2 atom stereocenters. The molecule has 2 saturated heterocycles. The van der Waals surface area contributed by atoms with E-state index in [1.54, 1.807) is 0 Å². The van der Waals surface area contributed by atoms with Crippen LogP contribution in [-0.2, 0) is 16.1 Å². The Balaban J connectivity index is 0.000000339. The molecule has 2 aromatic heterocycles. The van der Waals surface area contributed by atoms with E-state index < -0.39 is 12.1 Å². The van der Waals surface area contributed by atoms with E-state index in [1.807, 2.05) is 36.3 Å². The summed E-state index contributed by atoms with van der Waals surface area (Å²) in [5, 5.41) is 13.1. The predicted octanol–water partition coefficient (Wildman–Crippen LogP) is 2.71. The van der Waals surface area contributed by atoms with E-state index in [4.69, 9.17) is 19.2 Å². The van der Waals surface area contributed by atoms with Crippen LogP contribution in [0.1, 0.15) is 26.7 Å². The smallest absolute Gasteiger partial charge is 0.475 e. The van der Waals surface area contributed by atoms with Crippen LogP contribution in [0.4, 0.5) is 13.2 Å². The number of carbonyl (C=O) groups excluding carboxylic acids is 1. The Bertz CT molecular complexity index is 896. The van der Waals surface area contributed by atoms with Gasteiger partial charge in [-0.3, -0.25) is 9.69 Å². The Morgan fingerprint density at radius 2 is 2.03 bits per heavy atom. The molecule has 0 bridgehead atoms. The number of carboxylic acid groups (broad SMARTS) is 1. The lowest BCUT2D eigenvalue weighted by molar-refractivity contribution is -0.192. The van der Waals surface area contributed by atoms with Gasteiger partial charge >= 0.3 is 12.1 Å². The van der Waals surface area contributed by atoms with Crippen molar-refractivity contribution in [1.82, 2.24) is 15.0 Å². The minimum Gasteiger partial charge on any atom is -0.475 e. The van der Waals surface area contributed by atoms with Gasteiger partial charge in [-0.1, -0.05) is 11.2 Å². The second-order valence-electron chi connectivity index (χ2n) is 7.24. The van der Waals surface area contributed by atoms with Gasteiger partial charge in [0.15, 0.2) is 0 Å². The van der Waals surface area contributed by atoms with E-state index in [0.717, 1.165) is 35.0 Å². The molecule has 2 fully saturated rings. The third-order valence-corrected chi connectivity index (χ3v) is 6.08. The standard InChI is InChI=1S/C17H21N3O3S.C2HF3O2/c1-11-13(12(2)23-18-11)8-19-5-6-22-15-10-20(9-14(15)19)17(21)16-4-3-7-24-16;3-2(4,5)1(6)7/h3-4,7,14-15H,5-6,8-10H2,1-2H3;(H,6,7)/t14-,15+;/m1./s1. The number of thiophene rings is 1. The summed E-state index contributed by atoms with van der Waals surface area (Å²) in [6, 6.07) is 4.04. The lowest BCUT2D eigenvalue weighted by Crippen LogP contribution is -2.50. The molecular weight excluding hydrogens is 439 g/mol. The molecule has 8 nitrogen and oxygen atoms in total. The first-order chi connectivity index (χ1) is 14.6. The van der Waals surface area contributed by atoms with Crippen LogP contribution in [0.15, 0.2) is 22.0 Å². The summed E-state index contributed by atoms with van der Waals surface area (Å²) in [6.45, 7) is 7.68. The van der Waals surface area contributed by atoms with E-state index in [1.165, 1.54) is 11.3 Å². The first kappa shape index (κ1) is 23.2. The van der Waals surface area contributed by atoms with Gasteiger partial charge < -0.3 is 19.3 Å². The number of amides is 1. The van der Waals surface area contributed by atoms with Gasteiger partial charge in [0.2, 0.25) is 0 Å². The van der Waals surface area contributed by atoms with Crippen molar-refractivity contribution in [2.75, 3.05) is 26.2 Å². The maximum absolute atomic E-state index is 12.6. The van der Waals surface area contributed by atoms with Crippen LogP contribution >= 0.6 is 11.3 Å². The van der Waals surface area contributed by atoms with Gasteiger partial charge in [-0.05, 0) is 25.3 Å². The van der Waals surface area contributed by atoms with E-state index in [0.29, 0.717) is 19.7 Å². The summed E-state index contributed by atoms with van der Waals surface area (Å²) in [4.78, 5) is 26.6. The number of nitrogens with zero attached hydrogens (tertiary/aromatic N) is 3. The van der Waals surface area contributed by atoms with Gasteiger partial charge in [0.25, 0.3) is 5.91 Å². The molecule has 1 N–H and O–H groups in total. The van der Waals surface area contributed by atoms with Crippen LogP contribution in [0.3, 0.4) is 0 Å². The molecule has 4 heterocycles. The third-order valence-electron chi connectivity index (χ3n) is 5.22. The molecule has 0 saturated carbocycles. The average Bonchev–Trinajstić information content (AvgIpc) is 3.44. The number of fused-ring (bicyclic) bond motifs is 1. The topological polar surface area (TPSA) is 96.1 Å². The highest BCUT2D eigenvalue weighted by atomic mass is 32.1. The maximum Gasteiger partial charge on any atom is 0.490 e. The normalized spacial score (nSPS) is 21.4. The van der Waals surface area contributed by atoms with Gasteiger partial charge in [-0.2, -0.15) is 13.2 Å². The van der Waals surface area contributed by atoms with Crippen molar-refractivity contribution in [2.45, 2.75) is 38.7 Å². The third kappa shape index (κ3) is 5.43. The number of aryl methyl sites for hydroxylation is 2. The second-order valence-corrected chi connectivity index (χ2v) is 8.19. The first-order valence-electron chi connectivity index (χ1n) is 9.48. The van der Waals surface area contributed by atoms with Gasteiger partial charge in [-0.25, -0.2) is 4.79 Å². The molecule has 0 radical (unpaired) electrons. The highest BCUT2D eigenvalue weighted by Gasteiger charge is 2.42. The van der Waals surface area contributed by atoms with Crippen LogP contribution in [0.5, 0.6) is 0 Å². The van der Waals surface area contributed by atoms with E-state index in [2.05, 4.69) is 10.1 Å². The van der Waals surface area contributed by atoms with Crippen molar-refractivity contribution in [3.05, 3.63) is 39.4 Å². The molecule has 2 aliphatic heterocycles. The van der Waals surface area contributed by atoms with E-state index >= 15 is 0 Å². The van der Waals surface area contributed by atoms with E-state index in [9.17, 15) is 18.0 Å². The number of aromatic nitrogens is 1. The number of morpholine rings is 1. The zero-order valence-electron chi connectivity index (χ0n) is 16.9. The molecule has 31 heavy (non-hydrogen) atoms. The number of rotatable bonds is 3. The summed E-state index contributed by atoms with van der Waals surface area (Å²) in [5.41, 5.74) is 2.10. The van der Waals surface area contributed by atoms with E-state index in [-0.39, 0.29) is 18.1 Å². The molecule has 12 heteroatoms. The quantitative estimate of drug-likeness (QED) is 0.751. The monoisotopic (exact) mass is 461 g/mol. The zero-order valence-corrected chi connectivity index (χ0v) is 17.7. The van der Waals surface area contributed by atoms with Crippen LogP contribution < -0.4 is 0 Å². The summed E-state index contributed by atoms with van der Waals surface area (Å²) < 4.78 is 43.0. The summed E-state index contributed by atoms with van der Waals surface area (Å²) in [6.07, 6.45) is -5.00. The summed E-state index contributed by atoms with van der Waals surface area (Å²) in [5.74, 6) is -1.77. The summed E-state index contributed by atoms with van der Waals surface area (Å²) in [7, 11) is 0. The highest BCUT2D eigenvalue weighted by molar-refractivity contribution is 7.12. The molecule has 0 unspecified atom stereocenters. The average molecular weight is 461 g/mol. The van der Waals surface area contributed by atoms with Crippen molar-refractivity contribution in [2.24, 2.45) is 0 Å². The second kappa shape index (κ2) is 9.37. The van der Waals surface area contributed by atoms with Crippen molar-refractivity contribution in [1.29, 1.82) is 0 Å². The Morgan fingerprint density at radius 1 is 1.32 bits per heavy atom. The number of hydrogen-bond donors (Lipinski definition) is 1. The number of carboxylic acids is 1. The molecule has 1 amide bonds. The van der Waals surface area contributed by atoms with Crippen molar-refractivity contribution >= 4 is 23.2 Å². The fourth-order valence-corrected chi connectivity index (χ4v) is 4.30. The van der Waals surface area contributed by atoms with Crippen LogP contribution in [0.25, 0.3) is 0 Å². The number of ether oxygens (including phenoxy) is 1. The first-order valence-corrected chi connectivity index (χ1v) is 10.4. The van der Waals surface area contributed by atoms with Gasteiger partial charge in [-0.15, -0.1) is 11.3 Å². The number of carbonyl (C=O) groups is 2. The molecule has 4 rings (SSSR count). The maximum atomic E-state index is 12.6. The number of halogens is 3. The Labute approximate surface area is 180 Å². The Kier molecular flexibility index (Phi) is 7.02. The van der Waals surface area contributed by atoms with Gasteiger partial charge in [0.05, 0.1) is 29.3 Å². The number of likely N-dealkylation sites (tertiary alicyclic amines) is 1. The summed E-state index contributed by atoms with van der Waals surface area (Å²) >= 11 is 1.49. The zero-order chi connectivity index (χ0) is 22.8. The number of alkyl halides is 3. The molecular formula is C19H22F3N3O5S. The number of hydrogen-bond acceptors (Lipinski definition) is 7. The fraction of sp³-hybridized carbons (Fsp3) is 0.526. The van der Waals surface area contributed by atoms with Crippen LogP contribution in [0.2, 0.25) is 0 Å². The van der Waals surface area contributed by atoms with Crippen LogP contribution in [-0.4, -0.2) is 76.5 Å².